The Balaban J connectivity index is 2.00. The van der Waals surface area contributed by atoms with Crippen molar-refractivity contribution in [3.8, 4) is 0 Å². The summed E-state index contributed by atoms with van der Waals surface area (Å²) >= 11 is 7.69. The van der Waals surface area contributed by atoms with Gasteiger partial charge in [-0.1, -0.05) is 41.9 Å². The molecule has 0 N–H and O–H groups in total. The molecule has 0 saturated heterocycles. The first-order valence-corrected chi connectivity index (χ1v) is 8.38. The third-order valence-corrected chi connectivity index (χ3v) is 4.65. The number of rotatable bonds is 4. The number of ketones is 1. The molecule has 0 bridgehead atoms. The summed E-state index contributed by atoms with van der Waals surface area (Å²) in [6, 6.07) is 16.4. The number of carbonyl (C=O) groups is 1. The molecule has 1 heterocycles. The fourth-order valence-electron chi connectivity index (χ4n) is 2.19. The molecule has 114 valence electrons. The Morgan fingerprint density at radius 2 is 1.91 bits per heavy atom. The van der Waals surface area contributed by atoms with Crippen LogP contribution < -0.4 is 0 Å². The second-order valence-corrected chi connectivity index (χ2v) is 6.47. The van der Waals surface area contributed by atoms with Crippen LogP contribution in [0.25, 0.3) is 0 Å². The zero-order valence-corrected chi connectivity index (χ0v) is 14.1. The highest BCUT2D eigenvalue weighted by Gasteiger charge is 2.13. The number of halogens is 1. The maximum Gasteiger partial charge on any atom is 0.195 e. The molecular formula is C19H14ClNOS. The third kappa shape index (κ3) is 3.58. The van der Waals surface area contributed by atoms with E-state index >= 15 is 0 Å². The molecule has 0 saturated carbocycles. The largest absolute Gasteiger partial charge is 0.289 e. The zero-order valence-electron chi connectivity index (χ0n) is 12.5. The summed E-state index contributed by atoms with van der Waals surface area (Å²) in [5.74, 6) is -0.0804. The molecule has 23 heavy (non-hydrogen) atoms. The van der Waals surface area contributed by atoms with Crippen LogP contribution in [0.15, 0.2) is 65.0 Å². The number of hydrogen-bond donors (Lipinski definition) is 0. The molecule has 4 heteroatoms. The second-order valence-electron chi connectivity index (χ2n) is 5.08. The maximum atomic E-state index is 12.7. The summed E-state index contributed by atoms with van der Waals surface area (Å²) < 4.78 is 0. The predicted octanol–water partition coefficient (Wildman–Crippen LogP) is 5.69. The van der Waals surface area contributed by atoms with Gasteiger partial charge in [0, 0.05) is 27.2 Å². The Bertz CT molecular complexity index is 868. The molecule has 3 aromatic rings. The summed E-state index contributed by atoms with van der Waals surface area (Å²) in [5.41, 5.74) is 2.92. The minimum atomic E-state index is -0.0804. The topological polar surface area (TPSA) is 29.4 Å². The molecule has 3 rings (SSSR count). The lowest BCUT2D eigenvalue weighted by atomic mass is 10.0. The Morgan fingerprint density at radius 3 is 2.61 bits per heavy atom. The summed E-state index contributed by atoms with van der Waals surface area (Å²) in [7, 11) is 0. The lowest BCUT2D eigenvalue weighted by Crippen LogP contribution is -2.01. The number of carbonyl (C=O) groups excluding carboxylic acids is 1. The molecule has 0 radical (unpaired) electrons. The van der Waals surface area contributed by atoms with Gasteiger partial charge in [0.2, 0.25) is 0 Å². The van der Waals surface area contributed by atoms with Crippen LogP contribution in [-0.2, 0) is 0 Å². The number of aryl methyl sites for hydroxylation is 1. The molecule has 2 nitrogen and oxygen atoms in total. The van der Waals surface area contributed by atoms with Crippen LogP contribution in [0.4, 0.5) is 5.69 Å². The van der Waals surface area contributed by atoms with E-state index in [9.17, 15) is 4.79 Å². The van der Waals surface area contributed by atoms with Crippen molar-refractivity contribution in [1.29, 1.82) is 0 Å². The monoisotopic (exact) mass is 339 g/mol. The van der Waals surface area contributed by atoms with Crippen molar-refractivity contribution in [2.75, 3.05) is 0 Å². The van der Waals surface area contributed by atoms with Crippen LogP contribution in [0.3, 0.4) is 0 Å². The van der Waals surface area contributed by atoms with Gasteiger partial charge in [-0.05, 0) is 42.1 Å². The Morgan fingerprint density at radius 1 is 1.13 bits per heavy atom. The lowest BCUT2D eigenvalue weighted by Gasteiger charge is -2.06. The first-order valence-electron chi connectivity index (χ1n) is 7.12. The summed E-state index contributed by atoms with van der Waals surface area (Å²) in [6.45, 7) is 2.04. The van der Waals surface area contributed by atoms with Crippen LogP contribution in [0.2, 0.25) is 5.02 Å². The van der Waals surface area contributed by atoms with Crippen molar-refractivity contribution in [2.45, 2.75) is 6.92 Å². The molecule has 0 aliphatic carbocycles. The number of hydrogen-bond acceptors (Lipinski definition) is 3. The van der Waals surface area contributed by atoms with E-state index in [1.165, 1.54) is 5.56 Å². The van der Waals surface area contributed by atoms with E-state index in [1.807, 2.05) is 36.6 Å². The Labute approximate surface area is 144 Å². The first kappa shape index (κ1) is 15.7. The molecule has 1 aromatic heterocycles. The van der Waals surface area contributed by atoms with Gasteiger partial charge in [-0.25, -0.2) is 0 Å². The van der Waals surface area contributed by atoms with Crippen molar-refractivity contribution >= 4 is 40.6 Å². The number of benzene rings is 2. The van der Waals surface area contributed by atoms with Crippen molar-refractivity contribution < 1.29 is 4.79 Å². The van der Waals surface area contributed by atoms with Crippen molar-refractivity contribution in [2.24, 2.45) is 4.99 Å². The lowest BCUT2D eigenvalue weighted by molar-refractivity contribution is 0.103. The van der Waals surface area contributed by atoms with Crippen molar-refractivity contribution in [3.63, 3.8) is 0 Å². The van der Waals surface area contributed by atoms with Crippen LogP contribution in [0.5, 0.6) is 0 Å². The van der Waals surface area contributed by atoms with Crippen LogP contribution in [0, 0.1) is 6.92 Å². The van der Waals surface area contributed by atoms with Gasteiger partial charge in [-0.3, -0.25) is 9.79 Å². The minimum absolute atomic E-state index is 0.0804. The van der Waals surface area contributed by atoms with Crippen LogP contribution in [0.1, 0.15) is 26.4 Å². The van der Waals surface area contributed by atoms with E-state index in [0.29, 0.717) is 21.8 Å². The highest BCUT2D eigenvalue weighted by Crippen LogP contribution is 2.26. The quantitative estimate of drug-likeness (QED) is 0.443. The van der Waals surface area contributed by atoms with Gasteiger partial charge in [0.05, 0.1) is 5.69 Å². The van der Waals surface area contributed by atoms with Gasteiger partial charge in [0.25, 0.3) is 0 Å². The van der Waals surface area contributed by atoms with Gasteiger partial charge in [-0.2, -0.15) is 0 Å². The van der Waals surface area contributed by atoms with E-state index in [4.69, 9.17) is 11.6 Å². The van der Waals surface area contributed by atoms with Crippen molar-refractivity contribution in [1.82, 2.24) is 0 Å². The fraction of sp³-hybridized carbons (Fsp3) is 0.0526. The van der Waals surface area contributed by atoms with Crippen molar-refractivity contribution in [3.05, 3.63) is 86.6 Å². The third-order valence-electron chi connectivity index (χ3n) is 3.46. The Kier molecular flexibility index (Phi) is 4.70. The normalized spacial score (nSPS) is 11.0. The van der Waals surface area contributed by atoms with Gasteiger partial charge in [0.15, 0.2) is 5.78 Å². The van der Waals surface area contributed by atoms with Gasteiger partial charge < -0.3 is 0 Å². The Hall–Kier alpha value is -2.23. The summed E-state index contributed by atoms with van der Waals surface area (Å²) in [4.78, 5) is 18.3. The first-order chi connectivity index (χ1) is 11.1. The van der Waals surface area contributed by atoms with Crippen LogP contribution >= 0.6 is 22.9 Å². The van der Waals surface area contributed by atoms with Gasteiger partial charge >= 0.3 is 0 Å². The molecule has 0 aliphatic rings. The molecule has 0 amide bonds. The summed E-state index contributed by atoms with van der Waals surface area (Å²) in [5, 5.41) is 2.55. The minimum Gasteiger partial charge on any atom is -0.289 e. The average molecular weight is 340 g/mol. The van der Waals surface area contributed by atoms with Crippen LogP contribution in [-0.4, -0.2) is 12.0 Å². The molecule has 2 aromatic carbocycles. The van der Waals surface area contributed by atoms with E-state index in [2.05, 4.69) is 4.99 Å². The maximum absolute atomic E-state index is 12.7. The number of aliphatic imine (C=N–C) groups is 1. The average Bonchev–Trinajstić information content (AvgIpc) is 2.99. The van der Waals surface area contributed by atoms with Gasteiger partial charge in [0.1, 0.15) is 0 Å². The SMILES string of the molecule is Cc1ccsc1C=Nc1ccc(Cl)cc1C(=O)c1ccccc1. The van der Waals surface area contributed by atoms with E-state index < -0.39 is 0 Å². The molecule has 0 fully saturated rings. The summed E-state index contributed by atoms with van der Waals surface area (Å²) in [6.07, 6.45) is 1.80. The smallest absolute Gasteiger partial charge is 0.195 e. The van der Waals surface area contributed by atoms with E-state index in [1.54, 1.807) is 47.9 Å². The number of nitrogens with zero attached hydrogens (tertiary/aromatic N) is 1. The zero-order chi connectivity index (χ0) is 16.2. The fourth-order valence-corrected chi connectivity index (χ4v) is 3.15. The molecule has 0 aliphatic heterocycles. The number of thiophene rings is 1. The van der Waals surface area contributed by atoms with Gasteiger partial charge in [-0.15, -0.1) is 11.3 Å². The molecule has 0 unspecified atom stereocenters. The highest BCUT2D eigenvalue weighted by molar-refractivity contribution is 7.11. The molecule has 0 spiro atoms. The second kappa shape index (κ2) is 6.90. The van der Waals surface area contributed by atoms with E-state index in [-0.39, 0.29) is 5.78 Å². The molecule has 0 atom stereocenters. The van der Waals surface area contributed by atoms with E-state index in [0.717, 1.165) is 4.88 Å². The highest BCUT2D eigenvalue weighted by atomic mass is 35.5. The standard InChI is InChI=1S/C19H14ClNOS/c1-13-9-10-23-18(13)12-21-17-8-7-15(20)11-16(17)19(22)14-5-3-2-4-6-14/h2-12H,1H3. The predicted molar refractivity (Wildman–Crippen MR) is 97.6 cm³/mol. The molecular weight excluding hydrogens is 326 g/mol.